The van der Waals surface area contributed by atoms with E-state index in [9.17, 15) is 21.6 Å². The van der Waals surface area contributed by atoms with E-state index in [1.54, 1.807) is 0 Å². The molecule has 0 heterocycles. The van der Waals surface area contributed by atoms with Gasteiger partial charge in [0.05, 0.1) is 11.3 Å². The molecule has 2 N–H and O–H groups in total. The van der Waals surface area contributed by atoms with E-state index in [2.05, 4.69) is 0 Å². The van der Waals surface area contributed by atoms with Crippen molar-refractivity contribution in [2.45, 2.75) is 18.0 Å². The summed E-state index contributed by atoms with van der Waals surface area (Å²) >= 11 is 0. The van der Waals surface area contributed by atoms with Crippen LogP contribution in [0.3, 0.4) is 0 Å². The van der Waals surface area contributed by atoms with Gasteiger partial charge < -0.3 is 5.73 Å². The van der Waals surface area contributed by atoms with E-state index < -0.39 is 31.4 Å². The molecule has 0 fully saturated rings. The molecule has 0 radical (unpaired) electrons. The smallest absolute Gasteiger partial charge is 0.398 e. The van der Waals surface area contributed by atoms with Crippen LogP contribution in [-0.2, 0) is 15.2 Å². The highest BCUT2D eigenvalue weighted by Gasteiger charge is 2.33. The number of halogens is 4. The molecule has 1 aromatic rings. The molecule has 0 saturated heterocycles. The summed E-state index contributed by atoms with van der Waals surface area (Å²) in [7, 11) is 0.875. The predicted molar refractivity (Wildman–Crippen MR) is 53.6 cm³/mol. The second-order valence-electron chi connectivity index (χ2n) is 3.14. The summed E-state index contributed by atoms with van der Waals surface area (Å²) in [5.41, 5.74) is 3.46. The molecule has 0 saturated carbocycles. The summed E-state index contributed by atoms with van der Waals surface area (Å²) < 4.78 is 59.2. The topological polar surface area (TPSA) is 60.2 Å². The lowest BCUT2D eigenvalue weighted by molar-refractivity contribution is -0.138. The van der Waals surface area contributed by atoms with Crippen molar-refractivity contribution < 1.29 is 21.6 Å². The maximum absolute atomic E-state index is 12.4. The zero-order valence-electron chi connectivity index (χ0n) is 7.97. The largest absolute Gasteiger partial charge is 0.416 e. The molecule has 0 aliphatic heterocycles. The fraction of sp³-hybridized carbons (Fsp3) is 0.250. The highest BCUT2D eigenvalue weighted by molar-refractivity contribution is 8.13. The van der Waals surface area contributed by atoms with Crippen LogP contribution in [-0.4, -0.2) is 8.42 Å². The number of alkyl halides is 3. The van der Waals surface area contributed by atoms with Crippen molar-refractivity contribution in [1.82, 2.24) is 0 Å². The molecule has 0 aliphatic carbocycles. The molecule has 0 spiro atoms. The monoisotopic (exact) mass is 273 g/mol. The first-order valence-electron chi connectivity index (χ1n) is 3.95. The maximum Gasteiger partial charge on any atom is 0.416 e. The van der Waals surface area contributed by atoms with E-state index in [-0.39, 0.29) is 5.56 Å². The van der Waals surface area contributed by atoms with Crippen molar-refractivity contribution in [1.29, 1.82) is 0 Å². The van der Waals surface area contributed by atoms with Crippen LogP contribution in [0.15, 0.2) is 17.0 Å². The lowest BCUT2D eigenvalue weighted by atomic mass is 10.1. The Morgan fingerprint density at radius 1 is 1.31 bits per heavy atom. The summed E-state index contributed by atoms with van der Waals surface area (Å²) in [6.45, 7) is 1.13. The molecular weight excluding hydrogens is 267 g/mol. The number of hydrogen-bond acceptors (Lipinski definition) is 3. The van der Waals surface area contributed by atoms with Gasteiger partial charge in [-0.05, 0) is 24.6 Å². The van der Waals surface area contributed by atoms with Gasteiger partial charge in [-0.15, -0.1) is 0 Å². The Morgan fingerprint density at radius 3 is 2.19 bits per heavy atom. The second-order valence-corrected chi connectivity index (χ2v) is 5.67. The minimum absolute atomic E-state index is 0.249. The minimum atomic E-state index is -4.58. The van der Waals surface area contributed by atoms with Gasteiger partial charge in [0, 0.05) is 10.7 Å². The average molecular weight is 274 g/mol. The molecule has 0 aromatic heterocycles. The molecule has 0 amide bonds. The van der Waals surface area contributed by atoms with Crippen LogP contribution in [0.25, 0.3) is 0 Å². The van der Waals surface area contributed by atoms with Gasteiger partial charge in [-0.25, -0.2) is 8.42 Å². The number of rotatable bonds is 1. The third kappa shape index (κ3) is 2.59. The van der Waals surface area contributed by atoms with Crippen LogP contribution < -0.4 is 5.73 Å². The normalized spacial score (nSPS) is 12.8. The van der Waals surface area contributed by atoms with Gasteiger partial charge in [0.15, 0.2) is 0 Å². The minimum Gasteiger partial charge on any atom is -0.398 e. The van der Waals surface area contributed by atoms with Crippen molar-refractivity contribution in [2.75, 3.05) is 5.73 Å². The Bertz CT molecular complexity index is 525. The van der Waals surface area contributed by atoms with Gasteiger partial charge in [0.1, 0.15) is 4.90 Å². The highest BCUT2D eigenvalue weighted by Crippen LogP contribution is 2.36. The lowest BCUT2D eigenvalue weighted by Gasteiger charge is -2.12. The molecule has 0 bridgehead atoms. The maximum atomic E-state index is 12.4. The molecule has 1 rings (SSSR count). The summed E-state index contributed by atoms with van der Waals surface area (Å²) in [6.07, 6.45) is -4.58. The molecule has 3 nitrogen and oxygen atoms in total. The third-order valence-corrected chi connectivity index (χ3v) is 3.30. The van der Waals surface area contributed by atoms with Gasteiger partial charge in [-0.2, -0.15) is 13.2 Å². The third-order valence-electron chi connectivity index (χ3n) is 1.92. The standard InChI is InChI=1S/C8H7ClF3NO2S/c1-4-2-7(16(9,14)15)6(13)3-5(4)8(10,11)12/h2-3H,13H2,1H3. The Labute approximate surface area is 94.4 Å². The predicted octanol–water partition coefficient (Wildman–Crippen LogP) is 2.52. The first-order valence-corrected chi connectivity index (χ1v) is 6.26. The highest BCUT2D eigenvalue weighted by atomic mass is 35.7. The van der Waals surface area contributed by atoms with Crippen molar-refractivity contribution >= 4 is 25.4 Å². The molecule has 0 atom stereocenters. The van der Waals surface area contributed by atoms with Crippen LogP contribution in [0.5, 0.6) is 0 Å². The number of hydrogen-bond donors (Lipinski definition) is 1. The number of benzene rings is 1. The second kappa shape index (κ2) is 3.81. The zero-order chi connectivity index (χ0) is 12.7. The Hall–Kier alpha value is -0.950. The first-order chi connectivity index (χ1) is 7.03. The molecule has 0 aliphatic rings. The molecule has 0 unspecified atom stereocenters. The summed E-state index contributed by atoms with van der Waals surface area (Å²) in [5, 5.41) is 0. The quantitative estimate of drug-likeness (QED) is 0.632. The molecule has 90 valence electrons. The van der Waals surface area contributed by atoms with E-state index in [0.29, 0.717) is 6.07 Å². The van der Waals surface area contributed by atoms with Gasteiger partial charge in [0.25, 0.3) is 9.05 Å². The zero-order valence-corrected chi connectivity index (χ0v) is 9.54. The molecular formula is C8H7ClF3NO2S. The van der Waals surface area contributed by atoms with Crippen LogP contribution >= 0.6 is 10.7 Å². The van der Waals surface area contributed by atoms with E-state index in [1.807, 2.05) is 0 Å². The van der Waals surface area contributed by atoms with Crippen molar-refractivity contribution in [3.63, 3.8) is 0 Å². The van der Waals surface area contributed by atoms with Gasteiger partial charge in [-0.3, -0.25) is 0 Å². The van der Waals surface area contributed by atoms with E-state index in [4.69, 9.17) is 16.4 Å². The average Bonchev–Trinajstić information content (AvgIpc) is 2.04. The Morgan fingerprint density at radius 2 is 1.81 bits per heavy atom. The summed E-state index contributed by atoms with van der Waals surface area (Å²) in [5.74, 6) is 0. The van der Waals surface area contributed by atoms with Crippen LogP contribution in [0.1, 0.15) is 11.1 Å². The number of nitrogens with two attached hydrogens (primary N) is 1. The lowest BCUT2D eigenvalue weighted by Crippen LogP contribution is -2.10. The SMILES string of the molecule is Cc1cc(S(=O)(=O)Cl)c(N)cc1C(F)(F)F. The Balaban J connectivity index is 3.52. The molecule has 16 heavy (non-hydrogen) atoms. The van der Waals surface area contributed by atoms with Crippen LogP contribution in [0, 0.1) is 6.92 Å². The molecule has 8 heteroatoms. The van der Waals surface area contributed by atoms with Crippen molar-refractivity contribution in [3.05, 3.63) is 23.3 Å². The first kappa shape index (κ1) is 13.1. The van der Waals surface area contributed by atoms with Gasteiger partial charge in [0.2, 0.25) is 0 Å². The summed E-state index contributed by atoms with van der Waals surface area (Å²) in [4.78, 5) is -0.514. The van der Waals surface area contributed by atoms with E-state index in [0.717, 1.165) is 13.0 Å². The van der Waals surface area contributed by atoms with E-state index in [1.165, 1.54) is 0 Å². The van der Waals surface area contributed by atoms with Crippen molar-refractivity contribution in [3.8, 4) is 0 Å². The van der Waals surface area contributed by atoms with Gasteiger partial charge in [-0.1, -0.05) is 0 Å². The number of aryl methyl sites for hydroxylation is 1. The van der Waals surface area contributed by atoms with Crippen LogP contribution in [0.2, 0.25) is 0 Å². The fourth-order valence-electron chi connectivity index (χ4n) is 1.21. The number of anilines is 1. The van der Waals surface area contributed by atoms with Crippen molar-refractivity contribution in [2.24, 2.45) is 0 Å². The molecule has 1 aromatic carbocycles. The Kier molecular flexibility index (Phi) is 3.13. The van der Waals surface area contributed by atoms with Crippen LogP contribution in [0.4, 0.5) is 18.9 Å². The fourth-order valence-corrected chi connectivity index (χ4v) is 2.27. The van der Waals surface area contributed by atoms with Gasteiger partial charge >= 0.3 is 6.18 Å². The summed E-state index contributed by atoms with van der Waals surface area (Å²) in [6, 6.07) is 1.37. The number of nitrogen functional groups attached to an aromatic ring is 1. The van der Waals surface area contributed by atoms with E-state index >= 15 is 0 Å².